The highest BCUT2D eigenvalue weighted by Gasteiger charge is 2.50. The topological polar surface area (TPSA) is 61.9 Å². The Labute approximate surface area is 164 Å². The first-order chi connectivity index (χ1) is 13.0. The van der Waals surface area contributed by atoms with Crippen molar-refractivity contribution >= 4 is 29.2 Å². The molecule has 1 N–H and O–H groups in total. The monoisotopic (exact) mass is 389 g/mol. The Bertz CT molecular complexity index is 776. The lowest BCUT2D eigenvalue weighted by Gasteiger charge is -2.39. The van der Waals surface area contributed by atoms with Crippen LogP contribution in [0.4, 0.5) is 5.69 Å². The van der Waals surface area contributed by atoms with Gasteiger partial charge in [-0.3, -0.25) is 4.79 Å². The highest BCUT2D eigenvalue weighted by molar-refractivity contribution is 6.30. The maximum atomic E-state index is 13.3. The van der Waals surface area contributed by atoms with Crippen LogP contribution in [0.15, 0.2) is 35.4 Å². The standard InChI is InChI=1S/C20H24ClN3O3/c1-14-17(20(27-19(14)26)6-8-22-9-7-20)18(25)24-12-10-23(11-13-24)16-4-2-15(21)3-5-16/h2-5,22H,6-13H2,1H3. The normalized spacial score (nSPS) is 22.4. The predicted molar refractivity (Wildman–Crippen MR) is 104 cm³/mol. The molecule has 1 spiro atoms. The molecule has 144 valence electrons. The third-order valence-corrected chi connectivity index (χ3v) is 6.06. The fourth-order valence-corrected chi connectivity index (χ4v) is 4.39. The Balaban J connectivity index is 1.48. The molecule has 2 fully saturated rings. The second-order valence-corrected chi connectivity index (χ2v) is 7.83. The fourth-order valence-electron chi connectivity index (χ4n) is 4.26. The van der Waals surface area contributed by atoms with Gasteiger partial charge in [0.1, 0.15) is 5.60 Å². The van der Waals surface area contributed by atoms with Crippen molar-refractivity contribution in [1.82, 2.24) is 10.2 Å². The van der Waals surface area contributed by atoms with Gasteiger partial charge in [-0.05, 0) is 44.3 Å². The summed E-state index contributed by atoms with van der Waals surface area (Å²) in [5.41, 5.74) is 1.42. The van der Waals surface area contributed by atoms with Crippen LogP contribution in [0, 0.1) is 0 Å². The van der Waals surface area contributed by atoms with Crippen LogP contribution in [0.1, 0.15) is 19.8 Å². The van der Waals surface area contributed by atoms with Crippen LogP contribution in [0.5, 0.6) is 0 Å². The van der Waals surface area contributed by atoms with Gasteiger partial charge in [-0.2, -0.15) is 0 Å². The van der Waals surface area contributed by atoms with E-state index < -0.39 is 5.60 Å². The molecule has 1 amide bonds. The van der Waals surface area contributed by atoms with Crippen molar-refractivity contribution < 1.29 is 14.3 Å². The lowest BCUT2D eigenvalue weighted by molar-refractivity contribution is -0.149. The van der Waals surface area contributed by atoms with Crippen LogP contribution in [0.3, 0.4) is 0 Å². The number of rotatable bonds is 2. The van der Waals surface area contributed by atoms with Gasteiger partial charge in [0, 0.05) is 55.3 Å². The fraction of sp³-hybridized carbons (Fsp3) is 0.500. The van der Waals surface area contributed by atoms with Crippen molar-refractivity contribution in [2.45, 2.75) is 25.4 Å². The summed E-state index contributed by atoms with van der Waals surface area (Å²) in [6.45, 7) is 5.98. The Hall–Kier alpha value is -2.05. The number of piperidine rings is 1. The van der Waals surface area contributed by atoms with E-state index in [9.17, 15) is 9.59 Å². The number of anilines is 1. The van der Waals surface area contributed by atoms with Gasteiger partial charge in [-0.1, -0.05) is 11.6 Å². The molecule has 3 heterocycles. The molecule has 3 aliphatic heterocycles. The molecule has 0 aromatic heterocycles. The Morgan fingerprint density at radius 1 is 1.11 bits per heavy atom. The summed E-state index contributed by atoms with van der Waals surface area (Å²) < 4.78 is 5.70. The number of amides is 1. The molecule has 27 heavy (non-hydrogen) atoms. The number of piperazine rings is 1. The largest absolute Gasteiger partial charge is 0.450 e. The summed E-state index contributed by atoms with van der Waals surface area (Å²) in [6, 6.07) is 7.76. The summed E-state index contributed by atoms with van der Waals surface area (Å²) in [7, 11) is 0. The highest BCUT2D eigenvalue weighted by atomic mass is 35.5. The summed E-state index contributed by atoms with van der Waals surface area (Å²) in [6.07, 6.45) is 1.31. The second kappa shape index (κ2) is 7.17. The molecule has 1 aromatic carbocycles. The summed E-state index contributed by atoms with van der Waals surface area (Å²) in [4.78, 5) is 29.6. The van der Waals surface area contributed by atoms with E-state index in [4.69, 9.17) is 16.3 Å². The SMILES string of the molecule is CC1=C(C(=O)N2CCN(c3ccc(Cl)cc3)CC2)C2(CCNCC2)OC1=O. The predicted octanol–water partition coefficient (Wildman–Crippen LogP) is 1.98. The zero-order chi connectivity index (χ0) is 19.0. The summed E-state index contributed by atoms with van der Waals surface area (Å²) in [5.74, 6) is -0.393. The average Bonchev–Trinajstić information content (AvgIpc) is 2.92. The molecule has 4 rings (SSSR count). The molecule has 0 bridgehead atoms. The summed E-state index contributed by atoms with van der Waals surface area (Å²) >= 11 is 5.96. The second-order valence-electron chi connectivity index (χ2n) is 7.39. The van der Waals surface area contributed by atoms with E-state index in [1.54, 1.807) is 6.92 Å². The van der Waals surface area contributed by atoms with Gasteiger partial charge in [0.05, 0.1) is 5.57 Å². The quantitative estimate of drug-likeness (QED) is 0.784. The third-order valence-electron chi connectivity index (χ3n) is 5.81. The number of hydrogen-bond donors (Lipinski definition) is 1. The Morgan fingerprint density at radius 2 is 1.74 bits per heavy atom. The third kappa shape index (κ3) is 3.32. The number of nitrogens with zero attached hydrogens (tertiary/aromatic N) is 2. The molecule has 3 aliphatic rings. The smallest absolute Gasteiger partial charge is 0.335 e. The summed E-state index contributed by atoms with van der Waals surface area (Å²) in [5, 5.41) is 3.99. The lowest BCUT2D eigenvalue weighted by Crippen LogP contribution is -2.53. The zero-order valence-corrected chi connectivity index (χ0v) is 16.2. The van der Waals surface area contributed by atoms with Gasteiger partial charge >= 0.3 is 5.97 Å². The number of nitrogens with one attached hydrogen (secondary N) is 1. The molecule has 0 aliphatic carbocycles. The number of halogens is 1. The minimum Gasteiger partial charge on any atom is -0.450 e. The van der Waals surface area contributed by atoms with E-state index in [2.05, 4.69) is 10.2 Å². The molecular weight excluding hydrogens is 366 g/mol. The molecule has 0 atom stereocenters. The van der Waals surface area contributed by atoms with Gasteiger partial charge in [0.2, 0.25) is 0 Å². The molecule has 0 radical (unpaired) electrons. The first-order valence-corrected chi connectivity index (χ1v) is 9.83. The van der Waals surface area contributed by atoms with Crippen molar-refractivity contribution in [2.24, 2.45) is 0 Å². The van der Waals surface area contributed by atoms with E-state index in [1.165, 1.54) is 0 Å². The van der Waals surface area contributed by atoms with Gasteiger partial charge in [-0.25, -0.2) is 4.79 Å². The zero-order valence-electron chi connectivity index (χ0n) is 15.5. The lowest BCUT2D eigenvalue weighted by atomic mass is 9.83. The maximum absolute atomic E-state index is 13.3. The van der Waals surface area contributed by atoms with E-state index in [0.717, 1.165) is 31.9 Å². The van der Waals surface area contributed by atoms with Crippen molar-refractivity contribution in [3.05, 3.63) is 40.4 Å². The van der Waals surface area contributed by atoms with Gasteiger partial charge < -0.3 is 19.9 Å². The number of ether oxygens (including phenoxy) is 1. The van der Waals surface area contributed by atoms with Crippen LogP contribution in [0.2, 0.25) is 5.02 Å². The van der Waals surface area contributed by atoms with Gasteiger partial charge in [0.15, 0.2) is 0 Å². The van der Waals surface area contributed by atoms with E-state index in [-0.39, 0.29) is 11.9 Å². The molecule has 6 nitrogen and oxygen atoms in total. The highest BCUT2D eigenvalue weighted by Crippen LogP contribution is 2.40. The molecule has 0 unspecified atom stereocenters. The Kier molecular flexibility index (Phi) is 4.86. The number of carbonyl (C=O) groups excluding carboxylic acids is 2. The van der Waals surface area contributed by atoms with Crippen LogP contribution in [-0.2, 0) is 14.3 Å². The Morgan fingerprint density at radius 3 is 2.37 bits per heavy atom. The van der Waals surface area contributed by atoms with E-state index in [0.29, 0.717) is 42.1 Å². The van der Waals surface area contributed by atoms with Gasteiger partial charge in [-0.15, -0.1) is 0 Å². The number of hydrogen-bond acceptors (Lipinski definition) is 5. The minimum atomic E-state index is -0.739. The van der Waals surface area contributed by atoms with Crippen LogP contribution < -0.4 is 10.2 Å². The molecule has 1 aromatic rings. The molecule has 0 saturated carbocycles. The number of benzene rings is 1. The molecular formula is C20H24ClN3O3. The number of carbonyl (C=O) groups is 2. The first-order valence-electron chi connectivity index (χ1n) is 9.45. The number of esters is 1. The van der Waals surface area contributed by atoms with Crippen molar-refractivity contribution in [2.75, 3.05) is 44.2 Å². The van der Waals surface area contributed by atoms with Crippen LogP contribution >= 0.6 is 11.6 Å². The average molecular weight is 390 g/mol. The van der Waals surface area contributed by atoms with E-state index in [1.807, 2.05) is 29.2 Å². The van der Waals surface area contributed by atoms with Crippen molar-refractivity contribution in [3.63, 3.8) is 0 Å². The maximum Gasteiger partial charge on any atom is 0.335 e. The minimum absolute atomic E-state index is 0.0454. The van der Waals surface area contributed by atoms with E-state index >= 15 is 0 Å². The van der Waals surface area contributed by atoms with Crippen molar-refractivity contribution in [1.29, 1.82) is 0 Å². The molecule has 2 saturated heterocycles. The van der Waals surface area contributed by atoms with Crippen LogP contribution in [-0.4, -0.2) is 61.6 Å². The van der Waals surface area contributed by atoms with Gasteiger partial charge in [0.25, 0.3) is 5.91 Å². The van der Waals surface area contributed by atoms with Crippen molar-refractivity contribution in [3.8, 4) is 0 Å². The first kappa shape index (κ1) is 18.3. The molecule has 7 heteroatoms. The van der Waals surface area contributed by atoms with Crippen LogP contribution in [0.25, 0.3) is 0 Å².